The molecule has 0 radical (unpaired) electrons. The van der Waals surface area contributed by atoms with Crippen molar-refractivity contribution in [1.29, 1.82) is 0 Å². The largest absolute Gasteiger partial charge is 0.467 e. The van der Waals surface area contributed by atoms with Crippen molar-refractivity contribution >= 4 is 52.2 Å². The molecule has 2 N–H and O–H groups in total. The van der Waals surface area contributed by atoms with Gasteiger partial charge in [-0.3, -0.25) is 15.0 Å². The van der Waals surface area contributed by atoms with Gasteiger partial charge < -0.3 is 24.0 Å². The number of rotatable bonds is 5. The first-order valence-corrected chi connectivity index (χ1v) is 18.0. The van der Waals surface area contributed by atoms with Gasteiger partial charge in [0, 0.05) is 59.5 Å². The number of carbonyl (C=O) groups is 4. The van der Waals surface area contributed by atoms with Crippen LogP contribution in [0.1, 0.15) is 71.9 Å². The molecule has 2 aliphatic heterocycles. The van der Waals surface area contributed by atoms with Crippen LogP contribution in [0.4, 0.5) is 10.6 Å². The lowest BCUT2D eigenvalue weighted by molar-refractivity contribution is -0.147. The molecule has 2 aromatic heterocycles. The molecule has 14 heteroatoms. The number of halogens is 1. The Morgan fingerprint density at radius 2 is 1.70 bits per heavy atom. The molecule has 280 valence electrons. The Kier molecular flexibility index (Phi) is 11.6. The molecule has 2 aliphatic rings. The third-order valence-corrected chi connectivity index (χ3v) is 9.22. The minimum absolute atomic E-state index is 0.258. The molecule has 2 aromatic carbocycles. The van der Waals surface area contributed by atoms with E-state index < -0.39 is 29.6 Å². The summed E-state index contributed by atoms with van der Waals surface area (Å²) in [5.74, 6) is 5.64. The third kappa shape index (κ3) is 9.07. The highest BCUT2D eigenvalue weighted by Crippen LogP contribution is 2.28. The third-order valence-electron chi connectivity index (χ3n) is 8.91. The Morgan fingerprint density at radius 3 is 2.41 bits per heavy atom. The highest BCUT2D eigenvalue weighted by atomic mass is 35.5. The molecule has 54 heavy (non-hydrogen) atoms. The summed E-state index contributed by atoms with van der Waals surface area (Å²) < 4.78 is 15.7. The molecule has 2 fully saturated rings. The summed E-state index contributed by atoms with van der Waals surface area (Å²) in [4.78, 5) is 64.5. The second-order valence-corrected chi connectivity index (χ2v) is 14.3. The van der Waals surface area contributed by atoms with Gasteiger partial charge in [-0.05, 0) is 76.4 Å². The zero-order chi connectivity index (χ0) is 38.4. The van der Waals surface area contributed by atoms with E-state index in [4.69, 9.17) is 30.8 Å². The lowest BCUT2D eigenvalue weighted by atomic mass is 10.0. The van der Waals surface area contributed by atoms with E-state index in [1.165, 1.54) is 7.11 Å². The maximum Gasteiger partial charge on any atom is 0.426 e. The number of nitrogens with zero attached hydrogens (tertiary/aromatic N) is 4. The summed E-state index contributed by atoms with van der Waals surface area (Å²) in [6, 6.07) is 15.2. The quantitative estimate of drug-likeness (QED) is 0.151. The average molecular weight is 753 g/mol. The van der Waals surface area contributed by atoms with E-state index in [2.05, 4.69) is 32.6 Å². The highest BCUT2D eigenvalue weighted by molar-refractivity contribution is 6.32. The van der Waals surface area contributed by atoms with Crippen LogP contribution < -0.4 is 15.8 Å². The fourth-order valence-electron chi connectivity index (χ4n) is 6.23. The summed E-state index contributed by atoms with van der Waals surface area (Å²) >= 11 is 6.58. The van der Waals surface area contributed by atoms with E-state index in [-0.39, 0.29) is 11.5 Å². The number of nitrogens with one attached hydrogen (secondary N) is 2. The molecule has 3 amide bonds. The first kappa shape index (κ1) is 38.0. The Hall–Kier alpha value is -5.71. The van der Waals surface area contributed by atoms with Crippen molar-refractivity contribution < 1.29 is 33.4 Å². The van der Waals surface area contributed by atoms with Gasteiger partial charge in [0.15, 0.2) is 0 Å². The van der Waals surface area contributed by atoms with Gasteiger partial charge in [-0.2, -0.15) is 0 Å². The second kappa shape index (κ2) is 16.5. The summed E-state index contributed by atoms with van der Waals surface area (Å²) in [5.41, 5.74) is 7.67. The van der Waals surface area contributed by atoms with Crippen LogP contribution in [0.5, 0.6) is 0 Å². The summed E-state index contributed by atoms with van der Waals surface area (Å²) in [7, 11) is 1.32. The number of likely N-dealkylation sites (tertiary alicyclic amines) is 1. The number of esters is 1. The van der Waals surface area contributed by atoms with E-state index >= 15 is 0 Å². The van der Waals surface area contributed by atoms with Crippen LogP contribution in [0.3, 0.4) is 0 Å². The molecule has 13 nitrogen and oxygen atoms in total. The lowest BCUT2D eigenvalue weighted by Gasteiger charge is -2.33. The van der Waals surface area contributed by atoms with Crippen LogP contribution in [0.2, 0.25) is 5.02 Å². The van der Waals surface area contributed by atoms with Crippen molar-refractivity contribution in [1.82, 2.24) is 25.7 Å². The number of amides is 3. The molecule has 6 rings (SSSR count). The molecular formula is C40H41ClN6O7. The molecule has 0 aliphatic carbocycles. The van der Waals surface area contributed by atoms with E-state index in [1.54, 1.807) is 56.1 Å². The minimum atomic E-state index is -0.796. The van der Waals surface area contributed by atoms with Crippen LogP contribution in [-0.4, -0.2) is 90.3 Å². The number of pyridine rings is 2. The normalized spacial score (nSPS) is 15.8. The highest BCUT2D eigenvalue weighted by Gasteiger charge is 2.33. The maximum absolute atomic E-state index is 13.5. The lowest BCUT2D eigenvalue weighted by Crippen LogP contribution is -2.48. The predicted molar refractivity (Wildman–Crippen MR) is 203 cm³/mol. The maximum atomic E-state index is 13.5. The Balaban J connectivity index is 1.23. The average Bonchev–Trinajstić information content (AvgIpc) is 3.18. The van der Waals surface area contributed by atoms with Crippen molar-refractivity contribution in [3.05, 3.63) is 88.1 Å². The SMILES string of the molecule is COC(=O)[C@@H]1CCCCN1C(=O)c1ccc(C#Cc2ccc(-c3cc(C(=O)NNC(=O)OC(C)(C)C)c4cnc(N5CCOCC5)cc4n3)cc2)c(Cl)c1. The van der Waals surface area contributed by atoms with E-state index in [0.29, 0.717) is 83.4 Å². The molecule has 4 aromatic rings. The van der Waals surface area contributed by atoms with Gasteiger partial charge in [-0.1, -0.05) is 35.6 Å². The van der Waals surface area contributed by atoms with Gasteiger partial charge in [0.05, 0.1) is 42.1 Å². The number of ether oxygens (including phenoxy) is 3. The standard InChI is InChI=1S/C40H41ClN6O7/c1-40(2,3)54-39(51)45-44-36(48)29-22-32(43-33-23-35(42-24-30(29)33)46-17-19-53-20-18-46)27-12-9-25(10-13-27)8-11-26-14-15-28(21-31(26)41)37(49)47-16-6-5-7-34(47)38(50)52-4/h9-10,12-15,21-24,34H,5-7,16-20H2,1-4H3,(H,44,48)(H,45,51)/t34-/m0/s1. The summed E-state index contributed by atoms with van der Waals surface area (Å²) in [5, 5.41) is 0.820. The van der Waals surface area contributed by atoms with Crippen LogP contribution in [0, 0.1) is 11.8 Å². The zero-order valence-corrected chi connectivity index (χ0v) is 31.3. The van der Waals surface area contributed by atoms with Gasteiger partial charge in [0.2, 0.25) is 0 Å². The Labute approximate surface area is 318 Å². The van der Waals surface area contributed by atoms with Crippen LogP contribution >= 0.6 is 11.6 Å². The van der Waals surface area contributed by atoms with Gasteiger partial charge in [-0.15, -0.1) is 0 Å². The van der Waals surface area contributed by atoms with Crippen molar-refractivity contribution in [2.24, 2.45) is 0 Å². The first-order chi connectivity index (χ1) is 25.9. The number of hydrogen-bond acceptors (Lipinski definition) is 10. The fraction of sp³-hybridized carbons (Fsp3) is 0.350. The number of benzene rings is 2. The van der Waals surface area contributed by atoms with Gasteiger partial charge in [0.25, 0.3) is 11.8 Å². The fourth-order valence-corrected chi connectivity index (χ4v) is 6.45. The molecule has 0 saturated carbocycles. The monoisotopic (exact) mass is 752 g/mol. The summed E-state index contributed by atoms with van der Waals surface area (Å²) in [6.07, 6.45) is 3.03. The number of piperidine rings is 1. The van der Waals surface area contributed by atoms with E-state index in [0.717, 1.165) is 18.4 Å². The second-order valence-electron chi connectivity index (χ2n) is 13.9. The number of carbonyl (C=O) groups excluding carboxylic acids is 4. The minimum Gasteiger partial charge on any atom is -0.467 e. The van der Waals surface area contributed by atoms with Crippen molar-refractivity contribution in [3.63, 3.8) is 0 Å². The van der Waals surface area contributed by atoms with E-state index in [1.807, 2.05) is 30.3 Å². The van der Waals surface area contributed by atoms with Gasteiger partial charge >= 0.3 is 12.1 Å². The smallest absolute Gasteiger partial charge is 0.426 e. The number of morpholine rings is 1. The van der Waals surface area contributed by atoms with Crippen LogP contribution in [-0.2, 0) is 19.0 Å². The Bertz CT molecular complexity index is 2130. The molecule has 4 heterocycles. The first-order valence-electron chi connectivity index (χ1n) is 17.6. The zero-order valence-electron chi connectivity index (χ0n) is 30.5. The molecule has 2 saturated heterocycles. The molecule has 0 bridgehead atoms. The molecule has 0 spiro atoms. The number of hydrazine groups is 1. The molecular weight excluding hydrogens is 712 g/mol. The number of hydrogen-bond donors (Lipinski definition) is 2. The van der Waals surface area contributed by atoms with Crippen LogP contribution in [0.15, 0.2) is 60.8 Å². The van der Waals surface area contributed by atoms with Crippen molar-refractivity contribution in [2.75, 3.05) is 44.9 Å². The van der Waals surface area contributed by atoms with Crippen LogP contribution in [0.25, 0.3) is 22.2 Å². The van der Waals surface area contributed by atoms with Gasteiger partial charge in [0.1, 0.15) is 17.5 Å². The Morgan fingerprint density at radius 1 is 0.944 bits per heavy atom. The van der Waals surface area contributed by atoms with E-state index in [9.17, 15) is 19.2 Å². The number of methoxy groups -OCH3 is 1. The molecule has 1 atom stereocenters. The number of fused-ring (bicyclic) bond motifs is 1. The predicted octanol–water partition coefficient (Wildman–Crippen LogP) is 5.52. The molecule has 0 unspecified atom stereocenters. The number of aromatic nitrogens is 2. The van der Waals surface area contributed by atoms with Crippen molar-refractivity contribution in [3.8, 4) is 23.1 Å². The number of anilines is 1. The van der Waals surface area contributed by atoms with Crippen molar-refractivity contribution in [2.45, 2.75) is 51.7 Å². The van der Waals surface area contributed by atoms with Gasteiger partial charge in [-0.25, -0.2) is 25.0 Å². The summed E-state index contributed by atoms with van der Waals surface area (Å²) in [6.45, 7) is 8.17. The topological polar surface area (TPSA) is 152 Å².